The Bertz CT molecular complexity index is 1070. The van der Waals surface area contributed by atoms with Gasteiger partial charge in [0, 0.05) is 36.3 Å². The van der Waals surface area contributed by atoms with Gasteiger partial charge in [-0.15, -0.1) is 5.10 Å². The van der Waals surface area contributed by atoms with E-state index in [4.69, 9.17) is 9.47 Å². The minimum atomic E-state index is -2.63. The van der Waals surface area contributed by atoms with Gasteiger partial charge in [0.2, 0.25) is 5.88 Å². The lowest BCUT2D eigenvalue weighted by atomic mass is 9.50. The zero-order valence-corrected chi connectivity index (χ0v) is 19.0. The molecule has 4 saturated carbocycles. The number of halogens is 2. The van der Waals surface area contributed by atoms with Gasteiger partial charge in [0.15, 0.2) is 12.4 Å². The monoisotopic (exact) mass is 478 g/mol. The standard InChI is InChI=1S/C22H28F2N6O4/c1-11-3-13(4-16(11)34-21(32)26-22-7-12(8-22)9-22)14-5-18(28-27-14)25-20(31)15-6-19(29-30(15)2)33-10-17(23)24/h5-6,11-13,16-17H,3-4,7-10H2,1-2H3,(H,26,32)(H2,25,27,28,31)/t11-,12?,13+,16+,22?/m1/s1. The van der Waals surface area contributed by atoms with Gasteiger partial charge in [0.25, 0.3) is 12.3 Å². The van der Waals surface area contributed by atoms with E-state index < -0.39 is 18.9 Å². The van der Waals surface area contributed by atoms with Crippen LogP contribution in [-0.4, -0.2) is 56.7 Å². The molecule has 2 heterocycles. The van der Waals surface area contributed by atoms with Gasteiger partial charge in [-0.05, 0) is 43.9 Å². The van der Waals surface area contributed by atoms with Crippen LogP contribution < -0.4 is 15.4 Å². The molecule has 4 fully saturated rings. The van der Waals surface area contributed by atoms with Crippen molar-refractivity contribution in [3.05, 3.63) is 23.5 Å². The summed E-state index contributed by atoms with van der Waals surface area (Å²) in [5.41, 5.74) is 0.980. The van der Waals surface area contributed by atoms with Gasteiger partial charge >= 0.3 is 6.09 Å². The van der Waals surface area contributed by atoms with E-state index in [1.807, 2.05) is 0 Å². The zero-order chi connectivity index (χ0) is 24.0. The summed E-state index contributed by atoms with van der Waals surface area (Å²) in [5, 5.41) is 16.8. The third kappa shape index (κ3) is 4.45. The number of amides is 2. The molecule has 0 spiro atoms. The quantitative estimate of drug-likeness (QED) is 0.536. The number of nitrogens with one attached hydrogen (secondary N) is 3. The maximum atomic E-state index is 12.6. The Morgan fingerprint density at radius 1 is 1.29 bits per heavy atom. The number of anilines is 1. The summed E-state index contributed by atoms with van der Waals surface area (Å²) in [6.07, 6.45) is 1.55. The molecular formula is C22H28F2N6O4. The molecule has 184 valence electrons. The van der Waals surface area contributed by atoms with Gasteiger partial charge in [0.05, 0.1) is 0 Å². The highest BCUT2D eigenvalue weighted by molar-refractivity contribution is 6.02. The van der Waals surface area contributed by atoms with Gasteiger partial charge in [-0.25, -0.2) is 13.6 Å². The Balaban J connectivity index is 1.15. The third-order valence-electron chi connectivity index (χ3n) is 7.20. The molecule has 0 unspecified atom stereocenters. The van der Waals surface area contributed by atoms with Crippen LogP contribution in [0.25, 0.3) is 0 Å². The van der Waals surface area contributed by atoms with Crippen molar-refractivity contribution < 1.29 is 27.8 Å². The first kappa shape index (κ1) is 22.6. The van der Waals surface area contributed by atoms with Gasteiger partial charge in [-0.1, -0.05) is 6.92 Å². The van der Waals surface area contributed by atoms with Crippen LogP contribution in [-0.2, 0) is 11.8 Å². The number of aryl methyl sites for hydroxylation is 1. The molecule has 6 rings (SSSR count). The Labute approximate surface area is 194 Å². The lowest BCUT2D eigenvalue weighted by Gasteiger charge is -2.61. The van der Waals surface area contributed by atoms with E-state index in [0.717, 1.165) is 37.3 Å². The average molecular weight is 479 g/mol. The molecule has 0 aromatic carbocycles. The molecule has 2 aromatic rings. The highest BCUT2D eigenvalue weighted by Crippen LogP contribution is 2.57. The molecule has 4 aliphatic rings. The molecule has 0 saturated heterocycles. The van der Waals surface area contributed by atoms with E-state index >= 15 is 0 Å². The smallest absolute Gasteiger partial charge is 0.407 e. The molecular weight excluding hydrogens is 450 g/mol. The zero-order valence-electron chi connectivity index (χ0n) is 19.0. The SMILES string of the molecule is C[C@@H]1C[C@H](c2cc(NC(=O)c3cc(OCC(F)F)nn3C)n[nH]2)C[C@@H]1OC(=O)NC12CC(C1)C2. The number of rotatable bonds is 8. The van der Waals surface area contributed by atoms with Crippen molar-refractivity contribution in [3.8, 4) is 5.88 Å². The van der Waals surface area contributed by atoms with Gasteiger partial charge < -0.3 is 20.1 Å². The molecule has 12 heteroatoms. The largest absolute Gasteiger partial charge is 0.471 e. The van der Waals surface area contributed by atoms with Gasteiger partial charge in [0.1, 0.15) is 11.8 Å². The van der Waals surface area contributed by atoms with Crippen molar-refractivity contribution >= 4 is 17.8 Å². The Hall–Kier alpha value is -3.18. The van der Waals surface area contributed by atoms with Crippen LogP contribution in [0.2, 0.25) is 0 Å². The van der Waals surface area contributed by atoms with Crippen LogP contribution in [0.15, 0.2) is 12.1 Å². The van der Waals surface area contributed by atoms with Crippen molar-refractivity contribution in [2.24, 2.45) is 18.9 Å². The molecule has 0 aliphatic heterocycles. The molecule has 3 N–H and O–H groups in total. The maximum absolute atomic E-state index is 12.6. The Morgan fingerprint density at radius 3 is 2.74 bits per heavy atom. The minimum Gasteiger partial charge on any atom is -0.471 e. The topological polar surface area (TPSA) is 123 Å². The second kappa shape index (κ2) is 8.55. The van der Waals surface area contributed by atoms with E-state index in [9.17, 15) is 18.4 Å². The highest BCUT2D eigenvalue weighted by Gasteiger charge is 2.57. The number of carbonyl (C=O) groups excluding carboxylic acids is 2. The van der Waals surface area contributed by atoms with Crippen LogP contribution >= 0.6 is 0 Å². The fourth-order valence-electron chi connectivity index (χ4n) is 5.31. The fraction of sp³-hybridized carbons (Fsp3) is 0.636. The number of aromatic nitrogens is 4. The van der Waals surface area contributed by atoms with Gasteiger partial charge in [-0.3, -0.25) is 14.6 Å². The number of alkyl halides is 2. The van der Waals surface area contributed by atoms with E-state index in [1.54, 1.807) is 6.07 Å². The summed E-state index contributed by atoms with van der Waals surface area (Å²) in [6.45, 7) is 1.27. The average Bonchev–Trinajstić information content (AvgIpc) is 3.41. The molecule has 0 radical (unpaired) electrons. The molecule has 2 amide bonds. The number of nitrogens with zero attached hydrogens (tertiary/aromatic N) is 3. The first-order chi connectivity index (χ1) is 16.2. The van der Waals surface area contributed by atoms with Crippen molar-refractivity contribution in [3.63, 3.8) is 0 Å². The van der Waals surface area contributed by atoms with Crippen LogP contribution in [0.5, 0.6) is 5.88 Å². The van der Waals surface area contributed by atoms with E-state index in [-0.39, 0.29) is 41.1 Å². The summed E-state index contributed by atoms with van der Waals surface area (Å²) in [5.74, 6) is 0.877. The molecule has 2 bridgehead atoms. The van der Waals surface area contributed by atoms with Crippen LogP contribution in [0.4, 0.5) is 19.4 Å². The number of hydrogen-bond donors (Lipinski definition) is 3. The molecule has 4 aliphatic carbocycles. The molecule has 34 heavy (non-hydrogen) atoms. The van der Waals surface area contributed by atoms with Crippen molar-refractivity contribution in [1.29, 1.82) is 0 Å². The number of carbonyl (C=O) groups is 2. The summed E-state index contributed by atoms with van der Waals surface area (Å²) < 4.78 is 36.5. The van der Waals surface area contributed by atoms with Crippen molar-refractivity contribution in [2.75, 3.05) is 11.9 Å². The number of hydrogen-bond acceptors (Lipinski definition) is 6. The first-order valence-electron chi connectivity index (χ1n) is 11.5. The lowest BCUT2D eigenvalue weighted by molar-refractivity contribution is -0.0520. The van der Waals surface area contributed by atoms with Crippen LogP contribution in [0.1, 0.15) is 61.1 Å². The van der Waals surface area contributed by atoms with E-state index in [0.29, 0.717) is 12.2 Å². The summed E-state index contributed by atoms with van der Waals surface area (Å²) >= 11 is 0. The normalized spacial score (nSPS) is 29.3. The van der Waals surface area contributed by atoms with E-state index in [1.165, 1.54) is 17.8 Å². The Morgan fingerprint density at radius 2 is 2.06 bits per heavy atom. The summed E-state index contributed by atoms with van der Waals surface area (Å²) in [6, 6.07) is 3.05. The maximum Gasteiger partial charge on any atom is 0.407 e. The van der Waals surface area contributed by atoms with Gasteiger partial charge in [-0.2, -0.15) is 5.10 Å². The minimum absolute atomic E-state index is 0.0108. The second-order valence-corrected chi connectivity index (χ2v) is 9.83. The number of ether oxygens (including phenoxy) is 2. The van der Waals surface area contributed by atoms with Crippen molar-refractivity contribution in [2.45, 2.75) is 63.0 Å². The van der Waals surface area contributed by atoms with Crippen LogP contribution in [0, 0.1) is 11.8 Å². The summed E-state index contributed by atoms with van der Waals surface area (Å²) in [7, 11) is 1.52. The number of H-pyrrole nitrogens is 1. The first-order valence-corrected chi connectivity index (χ1v) is 11.5. The predicted molar refractivity (Wildman–Crippen MR) is 116 cm³/mol. The number of aromatic amines is 1. The summed E-state index contributed by atoms with van der Waals surface area (Å²) in [4.78, 5) is 24.9. The van der Waals surface area contributed by atoms with E-state index in [2.05, 4.69) is 32.9 Å². The van der Waals surface area contributed by atoms with Crippen molar-refractivity contribution in [1.82, 2.24) is 25.3 Å². The van der Waals surface area contributed by atoms with Crippen LogP contribution in [0.3, 0.4) is 0 Å². The fourth-order valence-corrected chi connectivity index (χ4v) is 5.31. The Kier molecular flexibility index (Phi) is 5.68. The molecule has 2 aromatic heterocycles. The predicted octanol–water partition coefficient (Wildman–Crippen LogP) is 3.20. The molecule has 10 nitrogen and oxygen atoms in total. The highest BCUT2D eigenvalue weighted by atomic mass is 19.3. The lowest BCUT2D eigenvalue weighted by Crippen LogP contribution is -2.68. The second-order valence-electron chi connectivity index (χ2n) is 9.83. The molecule has 3 atom stereocenters. The number of alkyl carbamates (subject to hydrolysis) is 1. The third-order valence-corrected chi connectivity index (χ3v) is 7.20.